The molecule has 1 saturated heterocycles. The van der Waals surface area contributed by atoms with E-state index in [9.17, 15) is 4.79 Å². The molecular formula is C18H19N5O. The molecule has 3 aromatic rings. The predicted molar refractivity (Wildman–Crippen MR) is 89.9 cm³/mol. The van der Waals surface area contributed by atoms with Gasteiger partial charge in [0.15, 0.2) is 0 Å². The van der Waals surface area contributed by atoms with E-state index < -0.39 is 0 Å². The number of benzene rings is 1. The number of H-pyrrole nitrogens is 2. The van der Waals surface area contributed by atoms with Gasteiger partial charge in [-0.25, -0.2) is 9.97 Å². The molecule has 1 amide bonds. The van der Waals surface area contributed by atoms with Crippen molar-refractivity contribution in [3.8, 4) is 0 Å². The van der Waals surface area contributed by atoms with Crippen molar-refractivity contribution in [2.45, 2.75) is 38.1 Å². The van der Waals surface area contributed by atoms with Gasteiger partial charge in [0.1, 0.15) is 5.82 Å². The monoisotopic (exact) mass is 321 g/mol. The van der Waals surface area contributed by atoms with E-state index in [0.29, 0.717) is 5.92 Å². The summed E-state index contributed by atoms with van der Waals surface area (Å²) in [5.74, 6) is 1.59. The van der Waals surface area contributed by atoms with Gasteiger partial charge in [0, 0.05) is 36.2 Å². The van der Waals surface area contributed by atoms with Gasteiger partial charge in [-0.3, -0.25) is 4.79 Å². The van der Waals surface area contributed by atoms with Crippen molar-refractivity contribution in [3.05, 3.63) is 47.3 Å². The lowest BCUT2D eigenvalue weighted by molar-refractivity contribution is 0.0571. The summed E-state index contributed by atoms with van der Waals surface area (Å²) in [5.41, 5.74) is 4.98. The molecule has 3 heterocycles. The fourth-order valence-corrected chi connectivity index (χ4v) is 4.28. The number of carbonyl (C=O) groups excluding carboxylic acids is 1. The highest BCUT2D eigenvalue weighted by Crippen LogP contribution is 2.39. The van der Waals surface area contributed by atoms with Crippen LogP contribution in [0.15, 0.2) is 24.5 Å². The molecule has 6 nitrogen and oxygen atoms in total. The third kappa shape index (κ3) is 1.99. The maximum atomic E-state index is 13.0. The summed E-state index contributed by atoms with van der Waals surface area (Å²) in [7, 11) is 0. The molecule has 2 N–H and O–H groups in total. The zero-order valence-corrected chi connectivity index (χ0v) is 13.5. The first-order valence-electron chi connectivity index (χ1n) is 8.48. The van der Waals surface area contributed by atoms with Crippen molar-refractivity contribution in [2.24, 2.45) is 0 Å². The molecule has 5 rings (SSSR count). The molecule has 1 aromatic carbocycles. The summed E-state index contributed by atoms with van der Waals surface area (Å²) < 4.78 is 0. The van der Waals surface area contributed by atoms with E-state index in [-0.39, 0.29) is 11.9 Å². The van der Waals surface area contributed by atoms with Crippen LogP contribution in [0.5, 0.6) is 0 Å². The Bertz CT molecular complexity index is 940. The lowest BCUT2D eigenvalue weighted by atomic mass is 9.80. The molecule has 2 aromatic heterocycles. The first kappa shape index (κ1) is 13.8. The molecule has 2 bridgehead atoms. The number of rotatable bonds is 1. The molecule has 6 heteroatoms. The number of nitrogens with zero attached hydrogens (tertiary/aromatic N) is 3. The number of likely N-dealkylation sites (tertiary alicyclic amines) is 1. The van der Waals surface area contributed by atoms with Crippen LogP contribution in [-0.4, -0.2) is 43.3 Å². The van der Waals surface area contributed by atoms with E-state index in [1.807, 2.05) is 30.0 Å². The Balaban J connectivity index is 1.46. The lowest BCUT2D eigenvalue weighted by Crippen LogP contribution is -2.48. The van der Waals surface area contributed by atoms with E-state index in [4.69, 9.17) is 0 Å². The van der Waals surface area contributed by atoms with Gasteiger partial charge in [0.2, 0.25) is 0 Å². The number of hydrogen-bond acceptors (Lipinski definition) is 3. The average molecular weight is 321 g/mol. The normalized spacial score (nSPS) is 22.6. The van der Waals surface area contributed by atoms with Gasteiger partial charge >= 0.3 is 0 Å². The maximum absolute atomic E-state index is 13.0. The molecule has 1 fully saturated rings. The largest absolute Gasteiger partial charge is 0.346 e. The predicted octanol–water partition coefficient (Wildman–Crippen LogP) is 2.54. The minimum absolute atomic E-state index is 0.120. The standard InChI is InChI=1S/C18H19N5O/c1-10-21-16-8-13-6-11(17(16)22-10)4-5-23(13)18(24)12-2-3-14-15(7-12)20-9-19-14/h2-3,7,9,11,13H,4-6,8H2,1H3,(H,19,20)(H,21,22). The van der Waals surface area contributed by atoms with E-state index in [1.54, 1.807) is 6.33 Å². The fourth-order valence-electron chi connectivity index (χ4n) is 4.28. The molecule has 2 aliphatic rings. The average Bonchev–Trinajstić information content (AvgIpc) is 3.19. The van der Waals surface area contributed by atoms with Crippen molar-refractivity contribution in [1.82, 2.24) is 24.8 Å². The van der Waals surface area contributed by atoms with Crippen molar-refractivity contribution in [2.75, 3.05) is 6.54 Å². The van der Waals surface area contributed by atoms with Crippen LogP contribution in [0.4, 0.5) is 0 Å². The second-order valence-electron chi connectivity index (χ2n) is 6.90. The smallest absolute Gasteiger partial charge is 0.254 e. The van der Waals surface area contributed by atoms with Gasteiger partial charge in [0.05, 0.1) is 23.1 Å². The third-order valence-corrected chi connectivity index (χ3v) is 5.40. The molecule has 2 atom stereocenters. The Morgan fingerprint density at radius 3 is 3.21 bits per heavy atom. The van der Waals surface area contributed by atoms with Crippen LogP contribution in [0.1, 0.15) is 46.3 Å². The van der Waals surface area contributed by atoms with Gasteiger partial charge < -0.3 is 14.9 Å². The molecule has 24 heavy (non-hydrogen) atoms. The molecular weight excluding hydrogens is 302 g/mol. The summed E-state index contributed by atoms with van der Waals surface area (Å²) in [5, 5.41) is 0. The van der Waals surface area contributed by atoms with Crippen LogP contribution in [0, 0.1) is 6.92 Å². The van der Waals surface area contributed by atoms with Gasteiger partial charge in [-0.15, -0.1) is 0 Å². The lowest BCUT2D eigenvalue weighted by Gasteiger charge is -2.42. The summed E-state index contributed by atoms with van der Waals surface area (Å²) >= 11 is 0. The Morgan fingerprint density at radius 2 is 2.29 bits per heavy atom. The van der Waals surface area contributed by atoms with E-state index in [1.165, 1.54) is 11.4 Å². The Morgan fingerprint density at radius 1 is 1.38 bits per heavy atom. The number of piperidine rings is 1. The summed E-state index contributed by atoms with van der Waals surface area (Å²) in [6.07, 6.45) is 4.56. The number of imidazole rings is 2. The van der Waals surface area contributed by atoms with Crippen LogP contribution in [0.25, 0.3) is 11.0 Å². The van der Waals surface area contributed by atoms with Crippen LogP contribution >= 0.6 is 0 Å². The quantitative estimate of drug-likeness (QED) is 0.723. The number of aryl methyl sites for hydroxylation is 1. The number of fused-ring (bicyclic) bond motifs is 5. The Labute approximate surface area is 139 Å². The van der Waals surface area contributed by atoms with Gasteiger partial charge in [-0.1, -0.05) is 0 Å². The molecule has 0 saturated carbocycles. The van der Waals surface area contributed by atoms with Crippen LogP contribution < -0.4 is 0 Å². The zero-order valence-electron chi connectivity index (χ0n) is 13.5. The van der Waals surface area contributed by atoms with E-state index in [0.717, 1.165) is 48.2 Å². The molecule has 1 aliphatic carbocycles. The van der Waals surface area contributed by atoms with Crippen molar-refractivity contribution >= 4 is 16.9 Å². The topological polar surface area (TPSA) is 77.7 Å². The summed E-state index contributed by atoms with van der Waals surface area (Å²) in [6.45, 7) is 2.81. The first-order chi connectivity index (χ1) is 11.7. The zero-order chi connectivity index (χ0) is 16.3. The minimum atomic E-state index is 0.120. The number of amides is 1. The van der Waals surface area contributed by atoms with Crippen molar-refractivity contribution < 1.29 is 4.79 Å². The number of hydrogen-bond donors (Lipinski definition) is 2. The second kappa shape index (κ2) is 4.93. The molecule has 1 aliphatic heterocycles. The van der Waals surface area contributed by atoms with Crippen molar-refractivity contribution in [3.63, 3.8) is 0 Å². The summed E-state index contributed by atoms with van der Waals surface area (Å²) in [4.78, 5) is 30.4. The van der Waals surface area contributed by atoms with Gasteiger partial charge in [-0.2, -0.15) is 0 Å². The van der Waals surface area contributed by atoms with Crippen molar-refractivity contribution in [1.29, 1.82) is 0 Å². The number of aromatic nitrogens is 4. The van der Waals surface area contributed by atoms with Gasteiger partial charge in [0.25, 0.3) is 5.91 Å². The van der Waals surface area contributed by atoms with Crippen LogP contribution in [0.3, 0.4) is 0 Å². The van der Waals surface area contributed by atoms with Crippen LogP contribution in [-0.2, 0) is 6.42 Å². The second-order valence-corrected chi connectivity index (χ2v) is 6.90. The Kier molecular flexibility index (Phi) is 2.83. The highest BCUT2D eigenvalue weighted by atomic mass is 16.2. The first-order valence-corrected chi connectivity index (χ1v) is 8.48. The van der Waals surface area contributed by atoms with E-state index in [2.05, 4.69) is 19.9 Å². The van der Waals surface area contributed by atoms with Crippen LogP contribution in [0.2, 0.25) is 0 Å². The molecule has 0 radical (unpaired) electrons. The number of nitrogens with one attached hydrogen (secondary N) is 2. The fraction of sp³-hybridized carbons (Fsp3) is 0.389. The minimum Gasteiger partial charge on any atom is -0.346 e. The maximum Gasteiger partial charge on any atom is 0.254 e. The number of carbonyl (C=O) groups is 1. The van der Waals surface area contributed by atoms with E-state index >= 15 is 0 Å². The molecule has 0 spiro atoms. The molecule has 122 valence electrons. The highest BCUT2D eigenvalue weighted by Gasteiger charge is 2.39. The third-order valence-electron chi connectivity index (χ3n) is 5.40. The summed E-state index contributed by atoms with van der Waals surface area (Å²) in [6, 6.07) is 5.96. The highest BCUT2D eigenvalue weighted by molar-refractivity contribution is 5.97. The number of aromatic amines is 2. The SMILES string of the molecule is Cc1nc2c([nH]1)CC1CC2CCN1C(=O)c1ccc2nc[nH]c2c1. The Hall–Kier alpha value is -2.63. The molecule has 2 unspecified atom stereocenters. The van der Waals surface area contributed by atoms with Gasteiger partial charge in [-0.05, 0) is 38.0 Å².